The van der Waals surface area contributed by atoms with Gasteiger partial charge in [0.1, 0.15) is 0 Å². The van der Waals surface area contributed by atoms with E-state index in [9.17, 15) is 4.79 Å². The van der Waals surface area contributed by atoms with Crippen molar-refractivity contribution in [2.45, 2.75) is 12.8 Å². The van der Waals surface area contributed by atoms with Gasteiger partial charge in [-0.15, -0.1) is 0 Å². The highest BCUT2D eigenvalue weighted by Gasteiger charge is 2.22. The summed E-state index contributed by atoms with van der Waals surface area (Å²) < 4.78 is 0. The highest BCUT2D eigenvalue weighted by atomic mass is 16.1. The molecule has 1 aliphatic carbocycles. The Morgan fingerprint density at radius 1 is 0.438 bits per heavy atom. The average molecular weight is 413 g/mol. The van der Waals surface area contributed by atoms with Crippen LogP contribution in [-0.2, 0) is 4.79 Å². The average Bonchev–Trinajstić information content (AvgIpc) is 3.20. The highest BCUT2D eigenvalue weighted by molar-refractivity contribution is 6.15. The highest BCUT2D eigenvalue weighted by Crippen LogP contribution is 2.30. The lowest BCUT2D eigenvalue weighted by molar-refractivity contribution is -0.111. The van der Waals surface area contributed by atoms with Crippen LogP contribution in [0.25, 0.3) is 34.4 Å². The zero-order valence-corrected chi connectivity index (χ0v) is 17.9. The van der Waals surface area contributed by atoms with Crippen LogP contribution >= 0.6 is 0 Å². The van der Waals surface area contributed by atoms with Crippen molar-refractivity contribution < 1.29 is 4.79 Å². The molecule has 0 bridgehead atoms. The van der Waals surface area contributed by atoms with Crippen molar-refractivity contribution in [3.8, 4) is 22.3 Å². The second-order valence-corrected chi connectivity index (χ2v) is 8.14. The van der Waals surface area contributed by atoms with E-state index < -0.39 is 0 Å². The maximum absolute atomic E-state index is 13.0. The SMILES string of the molecule is O=C1/C(=C\c2ccc(-c3ccccc3)cc2)CC/C1=C/c1ccc(-c2ccccc2)cc1. The molecule has 1 saturated carbocycles. The van der Waals surface area contributed by atoms with Gasteiger partial charge in [-0.2, -0.15) is 0 Å². The Bertz CT molecular complexity index is 1170. The fraction of sp³-hybridized carbons (Fsp3) is 0.0645. The summed E-state index contributed by atoms with van der Waals surface area (Å²) in [7, 11) is 0. The molecule has 0 atom stereocenters. The molecule has 0 saturated heterocycles. The van der Waals surface area contributed by atoms with E-state index in [1.54, 1.807) is 0 Å². The van der Waals surface area contributed by atoms with Crippen LogP contribution in [0.2, 0.25) is 0 Å². The van der Waals surface area contributed by atoms with Gasteiger partial charge in [0.15, 0.2) is 5.78 Å². The van der Waals surface area contributed by atoms with Gasteiger partial charge < -0.3 is 0 Å². The van der Waals surface area contributed by atoms with E-state index in [0.717, 1.165) is 35.1 Å². The third kappa shape index (κ3) is 4.38. The summed E-state index contributed by atoms with van der Waals surface area (Å²) in [6.45, 7) is 0. The van der Waals surface area contributed by atoms with Gasteiger partial charge in [-0.05, 0) is 58.4 Å². The second-order valence-electron chi connectivity index (χ2n) is 8.14. The molecule has 0 aromatic heterocycles. The molecule has 0 radical (unpaired) electrons. The fourth-order valence-corrected chi connectivity index (χ4v) is 4.19. The summed E-state index contributed by atoms with van der Waals surface area (Å²) in [5.74, 6) is 0.171. The lowest BCUT2D eigenvalue weighted by atomic mass is 10.0. The first-order chi connectivity index (χ1) is 15.8. The Labute approximate surface area is 189 Å². The van der Waals surface area contributed by atoms with Crippen molar-refractivity contribution in [2.24, 2.45) is 0 Å². The Balaban J connectivity index is 1.31. The molecule has 5 rings (SSSR count). The summed E-state index contributed by atoms with van der Waals surface area (Å²) in [6, 6.07) is 37.5. The minimum absolute atomic E-state index is 0.171. The monoisotopic (exact) mass is 412 g/mol. The van der Waals surface area contributed by atoms with E-state index >= 15 is 0 Å². The molecular weight excluding hydrogens is 388 g/mol. The Hall–Kier alpha value is -3.97. The molecule has 0 spiro atoms. The van der Waals surface area contributed by atoms with Gasteiger partial charge in [0.05, 0.1) is 0 Å². The van der Waals surface area contributed by atoms with Crippen LogP contribution in [0.3, 0.4) is 0 Å². The number of carbonyl (C=O) groups is 1. The fourth-order valence-electron chi connectivity index (χ4n) is 4.19. The number of hydrogen-bond donors (Lipinski definition) is 0. The number of benzene rings is 4. The van der Waals surface area contributed by atoms with Crippen molar-refractivity contribution in [1.29, 1.82) is 0 Å². The number of hydrogen-bond acceptors (Lipinski definition) is 1. The lowest BCUT2D eigenvalue weighted by Gasteiger charge is -2.03. The molecule has 1 fully saturated rings. The Morgan fingerprint density at radius 3 is 1.16 bits per heavy atom. The van der Waals surface area contributed by atoms with E-state index in [1.807, 2.05) is 48.6 Å². The largest absolute Gasteiger partial charge is 0.289 e. The first-order valence-corrected chi connectivity index (χ1v) is 11.0. The topological polar surface area (TPSA) is 17.1 Å². The van der Waals surface area contributed by atoms with Crippen LogP contribution in [0.5, 0.6) is 0 Å². The molecule has 1 heteroatoms. The number of rotatable bonds is 4. The van der Waals surface area contributed by atoms with Crippen molar-refractivity contribution in [2.75, 3.05) is 0 Å². The Kier molecular flexibility index (Phi) is 5.63. The van der Waals surface area contributed by atoms with Gasteiger partial charge >= 0.3 is 0 Å². The van der Waals surface area contributed by atoms with Gasteiger partial charge in [0, 0.05) is 11.1 Å². The standard InChI is InChI=1S/C31H24O/c32-31-29(21-23-11-15-27(16-12-23)25-7-3-1-4-8-25)19-20-30(31)22-24-13-17-28(18-14-24)26-9-5-2-6-10-26/h1-18,21-22H,19-20H2/b29-21-,30-22-. The number of Topliss-reactive ketones (excluding diaryl/α,β-unsaturated/α-hetero) is 1. The third-order valence-electron chi connectivity index (χ3n) is 5.96. The van der Waals surface area contributed by atoms with E-state index in [0.29, 0.717) is 0 Å². The van der Waals surface area contributed by atoms with Gasteiger partial charge in [-0.25, -0.2) is 0 Å². The maximum atomic E-state index is 13.0. The molecule has 0 heterocycles. The molecule has 1 nitrogen and oxygen atoms in total. The molecule has 0 aliphatic heterocycles. The molecule has 154 valence electrons. The van der Waals surface area contributed by atoms with E-state index in [4.69, 9.17) is 0 Å². The molecule has 0 N–H and O–H groups in total. The maximum Gasteiger partial charge on any atom is 0.185 e. The lowest BCUT2D eigenvalue weighted by Crippen LogP contribution is -1.95. The molecule has 1 aliphatic rings. The van der Waals surface area contributed by atoms with Crippen molar-refractivity contribution in [3.63, 3.8) is 0 Å². The minimum Gasteiger partial charge on any atom is -0.289 e. The van der Waals surface area contributed by atoms with Crippen molar-refractivity contribution in [1.82, 2.24) is 0 Å². The van der Waals surface area contributed by atoms with E-state index in [2.05, 4.69) is 72.8 Å². The molecule has 4 aromatic carbocycles. The summed E-state index contributed by atoms with van der Waals surface area (Å²) >= 11 is 0. The van der Waals surface area contributed by atoms with Crippen LogP contribution in [0.15, 0.2) is 120 Å². The minimum atomic E-state index is 0.171. The summed E-state index contributed by atoms with van der Waals surface area (Å²) in [5.41, 5.74) is 8.70. The van der Waals surface area contributed by atoms with Crippen molar-refractivity contribution >= 4 is 17.9 Å². The van der Waals surface area contributed by atoms with Gasteiger partial charge in [0.2, 0.25) is 0 Å². The first kappa shape index (κ1) is 20.0. The molecular formula is C31H24O. The van der Waals surface area contributed by atoms with Gasteiger partial charge in [-0.1, -0.05) is 109 Å². The molecule has 32 heavy (non-hydrogen) atoms. The first-order valence-electron chi connectivity index (χ1n) is 11.0. The molecule has 4 aromatic rings. The number of carbonyl (C=O) groups excluding carboxylic acids is 1. The predicted molar refractivity (Wildman–Crippen MR) is 134 cm³/mol. The summed E-state index contributed by atoms with van der Waals surface area (Å²) in [6.07, 6.45) is 5.67. The quantitative estimate of drug-likeness (QED) is 0.312. The van der Waals surface area contributed by atoms with Crippen LogP contribution in [0, 0.1) is 0 Å². The van der Waals surface area contributed by atoms with E-state index in [1.165, 1.54) is 22.3 Å². The smallest absolute Gasteiger partial charge is 0.185 e. The second kappa shape index (κ2) is 9.03. The summed E-state index contributed by atoms with van der Waals surface area (Å²) in [4.78, 5) is 13.0. The predicted octanol–water partition coefficient (Wildman–Crippen LogP) is 7.85. The normalized spacial score (nSPS) is 16.1. The Morgan fingerprint density at radius 2 is 0.781 bits per heavy atom. The van der Waals surface area contributed by atoms with Gasteiger partial charge in [0.25, 0.3) is 0 Å². The third-order valence-corrected chi connectivity index (χ3v) is 5.96. The molecule has 0 unspecified atom stereocenters. The number of allylic oxidation sites excluding steroid dienone is 2. The van der Waals surface area contributed by atoms with Crippen LogP contribution in [0.1, 0.15) is 24.0 Å². The van der Waals surface area contributed by atoms with Crippen LogP contribution in [0.4, 0.5) is 0 Å². The van der Waals surface area contributed by atoms with Gasteiger partial charge in [-0.3, -0.25) is 4.79 Å². The number of ketones is 1. The zero-order valence-electron chi connectivity index (χ0n) is 17.9. The zero-order chi connectivity index (χ0) is 21.8. The van der Waals surface area contributed by atoms with Crippen LogP contribution in [-0.4, -0.2) is 5.78 Å². The summed E-state index contributed by atoms with van der Waals surface area (Å²) in [5, 5.41) is 0. The van der Waals surface area contributed by atoms with Crippen molar-refractivity contribution in [3.05, 3.63) is 131 Å². The van der Waals surface area contributed by atoms with Crippen LogP contribution < -0.4 is 0 Å². The van der Waals surface area contributed by atoms with E-state index in [-0.39, 0.29) is 5.78 Å². The molecule has 0 amide bonds.